The Morgan fingerprint density at radius 2 is 1.56 bits per heavy atom. The van der Waals surface area contributed by atoms with Crippen LogP contribution in [0.2, 0.25) is 0 Å². The molecule has 1 saturated carbocycles. The molecule has 2 aromatic rings. The van der Waals surface area contributed by atoms with Crippen molar-refractivity contribution >= 4 is 21.7 Å². The number of hydrogen-bond acceptors (Lipinski definition) is 5. The smallest absolute Gasteiger partial charge is 0.416 e. The van der Waals surface area contributed by atoms with Gasteiger partial charge < -0.3 is 15.8 Å². The van der Waals surface area contributed by atoms with Crippen molar-refractivity contribution in [2.45, 2.75) is 57.0 Å². The molecule has 0 spiro atoms. The number of amides is 2. The van der Waals surface area contributed by atoms with Gasteiger partial charge in [0, 0.05) is 36.7 Å². The molecule has 1 aliphatic carbocycles. The maximum atomic E-state index is 13.1. The summed E-state index contributed by atoms with van der Waals surface area (Å²) in [6.07, 6.45) is 9.15. The molecular weight excluding hydrogens is 476 g/mol. The first kappa shape index (κ1) is 26.4. The number of benzene rings is 2. The molecule has 0 radical (unpaired) electrons. The van der Waals surface area contributed by atoms with Crippen molar-refractivity contribution in [2.24, 2.45) is 11.7 Å². The molecule has 1 saturated heterocycles. The molecule has 1 aliphatic heterocycles. The van der Waals surface area contributed by atoms with Gasteiger partial charge in [0.1, 0.15) is 18.0 Å². The molecule has 2 fully saturated rings. The lowest BCUT2D eigenvalue weighted by Crippen LogP contribution is -2.65. The quantitative estimate of drug-likeness (QED) is 0.468. The number of quaternary nitrogens is 1. The van der Waals surface area contributed by atoms with Crippen molar-refractivity contribution in [3.05, 3.63) is 54.1 Å². The van der Waals surface area contributed by atoms with Crippen molar-refractivity contribution in [1.82, 2.24) is 5.32 Å². The lowest BCUT2D eigenvalue weighted by Gasteiger charge is -2.48. The Kier molecular flexibility index (Phi) is 7.92. The minimum Gasteiger partial charge on any atom is -0.457 e. The fraction of sp³-hybridized carbons (Fsp3) is 0.519. The highest BCUT2D eigenvalue weighted by Crippen LogP contribution is 2.39. The van der Waals surface area contributed by atoms with Crippen LogP contribution in [0, 0.1) is 5.92 Å². The number of hydrogen-bond donors (Lipinski definition) is 3. The summed E-state index contributed by atoms with van der Waals surface area (Å²) >= 11 is 0. The van der Waals surface area contributed by atoms with Crippen LogP contribution in [0.5, 0.6) is 11.5 Å². The molecule has 9 heteroatoms. The van der Waals surface area contributed by atoms with E-state index in [2.05, 4.69) is 10.0 Å². The molecule has 0 bridgehead atoms. The van der Waals surface area contributed by atoms with E-state index >= 15 is 0 Å². The van der Waals surface area contributed by atoms with E-state index < -0.39 is 10.0 Å². The number of likely N-dealkylation sites (tertiary alicyclic amines) is 1. The molecular formula is C27H39N4O4S+. The van der Waals surface area contributed by atoms with Crippen molar-refractivity contribution in [2.75, 3.05) is 31.1 Å². The summed E-state index contributed by atoms with van der Waals surface area (Å²) in [5.41, 5.74) is 8.33. The maximum Gasteiger partial charge on any atom is 0.416 e. The monoisotopic (exact) mass is 515 g/mol. The lowest BCUT2D eigenvalue weighted by atomic mass is 9.70. The van der Waals surface area contributed by atoms with E-state index in [1.165, 1.54) is 32.1 Å². The minimum absolute atomic E-state index is 0.0452. The van der Waals surface area contributed by atoms with Crippen molar-refractivity contribution < 1.29 is 22.4 Å². The van der Waals surface area contributed by atoms with Gasteiger partial charge in [-0.2, -0.15) is 0 Å². The highest BCUT2D eigenvalue weighted by atomic mass is 32.2. The fourth-order valence-electron chi connectivity index (χ4n) is 5.79. The van der Waals surface area contributed by atoms with Crippen LogP contribution < -0.4 is 20.5 Å². The van der Waals surface area contributed by atoms with E-state index in [4.69, 9.17) is 10.5 Å². The Hall–Kier alpha value is -2.62. The zero-order chi connectivity index (χ0) is 25.8. The molecule has 0 atom stereocenters. The van der Waals surface area contributed by atoms with Crippen molar-refractivity contribution in [3.63, 3.8) is 0 Å². The van der Waals surface area contributed by atoms with Crippen LogP contribution in [0.3, 0.4) is 0 Å². The molecule has 1 heterocycles. The number of carbonyl (C=O) groups is 1. The van der Waals surface area contributed by atoms with E-state index in [-0.39, 0.29) is 11.6 Å². The standard InChI is InChI=1S/C27H38N4O4S/c1-29-26(32)31(18-16-27(28,17-19-31)22-6-4-3-5-7-22)20-21-8-12-24(13-9-21)35-25-14-10-23(11-15-25)30-36(2,33)34/h8-15,22,30H,3-7,16-20,28H2,1-2H3/p+1. The second-order valence-corrected chi connectivity index (χ2v) is 12.3. The van der Waals surface area contributed by atoms with Gasteiger partial charge in [-0.3, -0.25) is 4.72 Å². The van der Waals surface area contributed by atoms with Crippen LogP contribution in [0.15, 0.2) is 48.5 Å². The first-order chi connectivity index (χ1) is 17.1. The number of urea groups is 1. The van der Waals surface area contributed by atoms with Gasteiger partial charge in [0.2, 0.25) is 10.0 Å². The van der Waals surface area contributed by atoms with Gasteiger partial charge in [0.15, 0.2) is 0 Å². The van der Waals surface area contributed by atoms with Gasteiger partial charge in [0.25, 0.3) is 0 Å². The third kappa shape index (κ3) is 6.38. The maximum absolute atomic E-state index is 13.1. The summed E-state index contributed by atoms with van der Waals surface area (Å²) in [5, 5.41) is 2.89. The van der Waals surface area contributed by atoms with Crippen LogP contribution >= 0.6 is 0 Å². The molecule has 36 heavy (non-hydrogen) atoms. The number of nitrogens with zero attached hydrogens (tertiary/aromatic N) is 1. The SMILES string of the molecule is CNC(=O)[N+]1(Cc2ccc(Oc3ccc(NS(C)(=O)=O)cc3)cc2)CCC(N)(C2CCCCC2)CC1. The predicted molar refractivity (Wildman–Crippen MR) is 142 cm³/mol. The zero-order valence-corrected chi connectivity index (χ0v) is 22.1. The summed E-state index contributed by atoms with van der Waals surface area (Å²) in [4.78, 5) is 13.1. The number of anilines is 1. The average Bonchev–Trinajstić information content (AvgIpc) is 2.87. The normalized spacial score (nSPS) is 25.2. The van der Waals surface area contributed by atoms with E-state index in [0.717, 1.165) is 37.8 Å². The first-order valence-corrected chi connectivity index (χ1v) is 14.7. The Morgan fingerprint density at radius 3 is 2.08 bits per heavy atom. The van der Waals surface area contributed by atoms with Crippen molar-refractivity contribution in [3.8, 4) is 11.5 Å². The van der Waals surface area contributed by atoms with Crippen LogP contribution in [-0.4, -0.2) is 50.9 Å². The summed E-state index contributed by atoms with van der Waals surface area (Å²) in [7, 11) is -1.61. The Labute approximate surface area is 214 Å². The summed E-state index contributed by atoms with van der Waals surface area (Å²) in [6.45, 7) is 2.12. The Balaban J connectivity index is 1.40. The molecule has 0 aromatic heterocycles. The largest absolute Gasteiger partial charge is 0.457 e. The number of carbonyl (C=O) groups excluding carboxylic acids is 1. The predicted octanol–water partition coefficient (Wildman–Crippen LogP) is 4.58. The highest BCUT2D eigenvalue weighted by Gasteiger charge is 2.48. The average molecular weight is 516 g/mol. The van der Waals surface area contributed by atoms with E-state index in [9.17, 15) is 13.2 Å². The second-order valence-electron chi connectivity index (χ2n) is 10.5. The Morgan fingerprint density at radius 1 is 1.00 bits per heavy atom. The molecule has 8 nitrogen and oxygen atoms in total. The summed E-state index contributed by atoms with van der Waals surface area (Å²) in [5.74, 6) is 1.85. The van der Waals surface area contributed by atoms with E-state index in [0.29, 0.717) is 34.1 Å². The van der Waals surface area contributed by atoms with Gasteiger partial charge in [-0.1, -0.05) is 19.3 Å². The topological polar surface area (TPSA) is 111 Å². The molecule has 4 rings (SSSR count). The Bertz CT molecular complexity index is 1140. The van der Waals surface area contributed by atoms with Gasteiger partial charge in [0.05, 0.1) is 19.3 Å². The highest BCUT2D eigenvalue weighted by molar-refractivity contribution is 7.92. The van der Waals surface area contributed by atoms with E-state index in [1.807, 2.05) is 24.3 Å². The van der Waals surface area contributed by atoms with Crippen LogP contribution in [0.4, 0.5) is 10.5 Å². The summed E-state index contributed by atoms with van der Waals surface area (Å²) in [6, 6.07) is 14.6. The number of nitrogens with two attached hydrogens (primary N) is 1. The number of ether oxygens (including phenoxy) is 1. The van der Waals surface area contributed by atoms with Gasteiger partial charge in [-0.15, -0.1) is 0 Å². The lowest BCUT2D eigenvalue weighted by molar-refractivity contribution is -0.870. The second kappa shape index (κ2) is 10.8. The first-order valence-electron chi connectivity index (χ1n) is 12.8. The third-order valence-corrected chi connectivity index (χ3v) is 8.48. The molecule has 4 N–H and O–H groups in total. The molecule has 2 aromatic carbocycles. The minimum atomic E-state index is -3.32. The number of nitrogens with one attached hydrogen (secondary N) is 2. The molecule has 196 valence electrons. The number of rotatable bonds is 7. The van der Waals surface area contributed by atoms with Gasteiger partial charge >= 0.3 is 6.03 Å². The van der Waals surface area contributed by atoms with Crippen LogP contribution in [0.25, 0.3) is 0 Å². The van der Waals surface area contributed by atoms with Gasteiger partial charge in [-0.05, 0) is 67.3 Å². The molecule has 2 amide bonds. The van der Waals surface area contributed by atoms with Crippen LogP contribution in [-0.2, 0) is 16.6 Å². The molecule has 0 unspecified atom stereocenters. The fourth-order valence-corrected chi connectivity index (χ4v) is 6.35. The van der Waals surface area contributed by atoms with Gasteiger partial charge in [-0.25, -0.2) is 17.7 Å². The third-order valence-electron chi connectivity index (χ3n) is 7.88. The number of piperidine rings is 1. The number of sulfonamides is 1. The van der Waals surface area contributed by atoms with E-state index in [1.54, 1.807) is 31.3 Å². The zero-order valence-electron chi connectivity index (χ0n) is 21.3. The van der Waals surface area contributed by atoms with Crippen LogP contribution in [0.1, 0.15) is 50.5 Å². The summed E-state index contributed by atoms with van der Waals surface area (Å²) < 4.78 is 31.5. The molecule has 2 aliphatic rings. The van der Waals surface area contributed by atoms with Crippen molar-refractivity contribution in [1.29, 1.82) is 0 Å².